The second-order valence-electron chi connectivity index (χ2n) is 7.15. The molecule has 0 saturated carbocycles. The van der Waals surface area contributed by atoms with Gasteiger partial charge in [0.25, 0.3) is 5.91 Å². The monoisotopic (exact) mass is 378 g/mol. The lowest BCUT2D eigenvalue weighted by Gasteiger charge is -2.29. The highest BCUT2D eigenvalue weighted by Crippen LogP contribution is 2.28. The highest BCUT2D eigenvalue weighted by Gasteiger charge is 2.38. The summed E-state index contributed by atoms with van der Waals surface area (Å²) in [4.78, 5) is 37.8. The topological polar surface area (TPSA) is 105 Å². The van der Waals surface area contributed by atoms with Crippen LogP contribution in [0.5, 0.6) is 0 Å². The van der Waals surface area contributed by atoms with Crippen LogP contribution in [-0.4, -0.2) is 28.7 Å². The fourth-order valence-electron chi connectivity index (χ4n) is 3.75. The van der Waals surface area contributed by atoms with Crippen molar-refractivity contribution in [3.63, 3.8) is 0 Å². The van der Waals surface area contributed by atoms with E-state index in [9.17, 15) is 14.4 Å². The van der Waals surface area contributed by atoms with Crippen molar-refractivity contribution in [2.24, 2.45) is 5.73 Å². The summed E-state index contributed by atoms with van der Waals surface area (Å²) >= 11 is 0. The van der Waals surface area contributed by atoms with Gasteiger partial charge >= 0.3 is 0 Å². The van der Waals surface area contributed by atoms with E-state index in [1.165, 1.54) is 0 Å². The third-order valence-corrected chi connectivity index (χ3v) is 5.25. The largest absolute Gasteiger partial charge is 0.381 e. The van der Waals surface area contributed by atoms with Crippen molar-refractivity contribution in [3.05, 3.63) is 64.7 Å². The maximum Gasteiger partial charge on any atom is 0.255 e. The molecule has 1 fully saturated rings. The van der Waals surface area contributed by atoms with Crippen molar-refractivity contribution < 1.29 is 14.4 Å². The molecular weight excluding hydrogens is 356 g/mol. The maximum atomic E-state index is 12.7. The Morgan fingerprint density at radius 1 is 1.11 bits per heavy atom. The SMILES string of the molecule is NCc1cccc(NCc2ccc3c(c2)CN(C2CCC(=O)NC2=O)C3=O)c1. The zero-order chi connectivity index (χ0) is 19.7. The summed E-state index contributed by atoms with van der Waals surface area (Å²) < 4.78 is 0. The van der Waals surface area contributed by atoms with E-state index < -0.39 is 6.04 Å². The van der Waals surface area contributed by atoms with Gasteiger partial charge in [0.2, 0.25) is 11.8 Å². The van der Waals surface area contributed by atoms with Crippen LogP contribution in [-0.2, 0) is 29.2 Å². The van der Waals surface area contributed by atoms with Crippen molar-refractivity contribution in [1.82, 2.24) is 10.2 Å². The van der Waals surface area contributed by atoms with Crippen LogP contribution in [0.2, 0.25) is 0 Å². The number of nitrogens with zero attached hydrogens (tertiary/aromatic N) is 1. The predicted molar refractivity (Wildman–Crippen MR) is 104 cm³/mol. The fraction of sp³-hybridized carbons (Fsp3) is 0.286. The van der Waals surface area contributed by atoms with Gasteiger partial charge in [0.1, 0.15) is 6.04 Å². The number of anilines is 1. The van der Waals surface area contributed by atoms with Crippen LogP contribution in [0.15, 0.2) is 42.5 Å². The standard InChI is InChI=1S/C21H22N4O3/c22-10-13-2-1-3-16(9-13)23-11-14-4-5-17-15(8-14)12-25(21(17)28)18-6-7-19(26)24-20(18)27/h1-5,8-9,18,23H,6-7,10-12,22H2,(H,24,26,27). The van der Waals surface area contributed by atoms with Gasteiger partial charge in [-0.3, -0.25) is 19.7 Å². The molecule has 2 aromatic carbocycles. The number of benzene rings is 2. The van der Waals surface area contributed by atoms with E-state index in [1.54, 1.807) is 4.90 Å². The number of rotatable bonds is 5. The number of nitrogens with one attached hydrogen (secondary N) is 2. The molecule has 0 aromatic heterocycles. The summed E-state index contributed by atoms with van der Waals surface area (Å²) in [5.41, 5.74) is 10.3. The van der Waals surface area contributed by atoms with Crippen molar-refractivity contribution in [2.75, 3.05) is 5.32 Å². The molecule has 7 heteroatoms. The molecule has 4 N–H and O–H groups in total. The zero-order valence-corrected chi connectivity index (χ0v) is 15.4. The number of amides is 3. The van der Waals surface area contributed by atoms with Gasteiger partial charge in [-0.1, -0.05) is 24.3 Å². The number of imide groups is 1. The van der Waals surface area contributed by atoms with Crippen LogP contribution in [0.25, 0.3) is 0 Å². The lowest BCUT2D eigenvalue weighted by Crippen LogP contribution is -2.52. The number of carbonyl (C=O) groups excluding carboxylic acids is 3. The van der Waals surface area contributed by atoms with Gasteiger partial charge in [0.15, 0.2) is 0 Å². The van der Waals surface area contributed by atoms with E-state index >= 15 is 0 Å². The molecule has 28 heavy (non-hydrogen) atoms. The first kappa shape index (κ1) is 18.2. The van der Waals surface area contributed by atoms with E-state index in [4.69, 9.17) is 5.73 Å². The quantitative estimate of drug-likeness (QED) is 0.684. The number of carbonyl (C=O) groups is 3. The molecule has 144 valence electrons. The van der Waals surface area contributed by atoms with Gasteiger partial charge < -0.3 is 16.0 Å². The van der Waals surface area contributed by atoms with E-state index in [0.29, 0.717) is 31.6 Å². The van der Waals surface area contributed by atoms with E-state index in [0.717, 1.165) is 22.4 Å². The first-order valence-electron chi connectivity index (χ1n) is 9.34. The van der Waals surface area contributed by atoms with Crippen molar-refractivity contribution in [3.8, 4) is 0 Å². The maximum absolute atomic E-state index is 12.7. The molecule has 1 saturated heterocycles. The lowest BCUT2D eigenvalue weighted by molar-refractivity contribution is -0.136. The van der Waals surface area contributed by atoms with Crippen LogP contribution in [0.4, 0.5) is 5.69 Å². The molecule has 0 bridgehead atoms. The Bertz CT molecular complexity index is 956. The van der Waals surface area contributed by atoms with Gasteiger partial charge in [-0.25, -0.2) is 0 Å². The summed E-state index contributed by atoms with van der Waals surface area (Å²) in [5, 5.41) is 5.69. The van der Waals surface area contributed by atoms with Gasteiger partial charge in [-0.05, 0) is 41.3 Å². The molecule has 0 aliphatic carbocycles. The second kappa shape index (κ2) is 7.44. The van der Waals surface area contributed by atoms with Crippen LogP contribution in [0, 0.1) is 0 Å². The normalized spacial score (nSPS) is 18.8. The highest BCUT2D eigenvalue weighted by atomic mass is 16.2. The second-order valence-corrected chi connectivity index (χ2v) is 7.15. The minimum Gasteiger partial charge on any atom is -0.381 e. The van der Waals surface area contributed by atoms with E-state index in [1.807, 2.05) is 42.5 Å². The molecule has 2 aromatic rings. The molecule has 2 aliphatic rings. The average Bonchev–Trinajstić information content (AvgIpc) is 3.02. The van der Waals surface area contributed by atoms with Crippen LogP contribution in [0.3, 0.4) is 0 Å². The van der Waals surface area contributed by atoms with Crippen LogP contribution in [0.1, 0.15) is 39.9 Å². The highest BCUT2D eigenvalue weighted by molar-refractivity contribution is 6.05. The van der Waals surface area contributed by atoms with Crippen LogP contribution < -0.4 is 16.4 Å². The Morgan fingerprint density at radius 3 is 2.75 bits per heavy atom. The lowest BCUT2D eigenvalue weighted by atomic mass is 10.0. The molecule has 4 rings (SSSR count). The van der Waals surface area contributed by atoms with Gasteiger partial charge in [0, 0.05) is 37.3 Å². The molecule has 2 aliphatic heterocycles. The summed E-state index contributed by atoms with van der Waals surface area (Å²) in [7, 11) is 0. The Labute approximate surface area is 162 Å². The summed E-state index contributed by atoms with van der Waals surface area (Å²) in [5.74, 6) is -0.823. The molecule has 3 amide bonds. The first-order valence-corrected chi connectivity index (χ1v) is 9.34. The molecule has 0 spiro atoms. The number of nitrogens with two attached hydrogens (primary N) is 1. The predicted octanol–water partition coefficient (Wildman–Crippen LogP) is 1.52. The molecule has 0 radical (unpaired) electrons. The summed E-state index contributed by atoms with van der Waals surface area (Å²) in [6, 6.07) is 13.1. The third kappa shape index (κ3) is 3.48. The Kier molecular flexibility index (Phi) is 4.83. The Morgan fingerprint density at radius 2 is 1.96 bits per heavy atom. The van der Waals surface area contributed by atoms with Crippen LogP contribution >= 0.6 is 0 Å². The summed E-state index contributed by atoms with van der Waals surface area (Å²) in [6.07, 6.45) is 0.629. The average molecular weight is 378 g/mol. The molecule has 7 nitrogen and oxygen atoms in total. The minimum absolute atomic E-state index is 0.153. The Hall–Kier alpha value is -3.19. The van der Waals surface area contributed by atoms with Crippen molar-refractivity contribution in [1.29, 1.82) is 0 Å². The smallest absolute Gasteiger partial charge is 0.255 e. The van der Waals surface area contributed by atoms with E-state index in [2.05, 4.69) is 10.6 Å². The van der Waals surface area contributed by atoms with E-state index in [-0.39, 0.29) is 24.1 Å². The fourth-order valence-corrected chi connectivity index (χ4v) is 3.75. The molecule has 1 atom stereocenters. The molecule has 1 unspecified atom stereocenters. The number of hydrogen-bond acceptors (Lipinski definition) is 5. The third-order valence-electron chi connectivity index (χ3n) is 5.25. The number of piperidine rings is 1. The molecule has 2 heterocycles. The summed E-state index contributed by atoms with van der Waals surface area (Å²) in [6.45, 7) is 1.50. The number of fused-ring (bicyclic) bond motifs is 1. The van der Waals surface area contributed by atoms with Crippen molar-refractivity contribution >= 4 is 23.4 Å². The zero-order valence-electron chi connectivity index (χ0n) is 15.4. The number of hydrogen-bond donors (Lipinski definition) is 3. The minimum atomic E-state index is -0.585. The van der Waals surface area contributed by atoms with Gasteiger partial charge in [-0.15, -0.1) is 0 Å². The van der Waals surface area contributed by atoms with Gasteiger partial charge in [-0.2, -0.15) is 0 Å². The van der Waals surface area contributed by atoms with Crippen molar-refractivity contribution in [2.45, 2.75) is 38.5 Å². The molecular formula is C21H22N4O3. The Balaban J connectivity index is 1.46. The first-order chi connectivity index (χ1) is 13.5. The van der Waals surface area contributed by atoms with Gasteiger partial charge in [0.05, 0.1) is 0 Å².